The molecule has 1 aliphatic rings. The minimum Gasteiger partial charge on any atom is -0.353 e. The molecule has 8 nitrogen and oxygen atoms in total. The van der Waals surface area contributed by atoms with Crippen molar-refractivity contribution in [3.63, 3.8) is 0 Å². The van der Waals surface area contributed by atoms with Crippen LogP contribution in [0, 0.1) is 18.3 Å². The van der Waals surface area contributed by atoms with Gasteiger partial charge in [-0.25, -0.2) is 14.6 Å². The topological polar surface area (TPSA) is 90.9 Å². The number of nitriles is 1. The second-order valence-electron chi connectivity index (χ2n) is 6.55. The zero-order chi connectivity index (χ0) is 19.5. The molecule has 0 aliphatic carbocycles. The lowest BCUT2D eigenvalue weighted by atomic mass is 10.1. The van der Waals surface area contributed by atoms with Crippen LogP contribution in [0.4, 0.5) is 5.82 Å². The van der Waals surface area contributed by atoms with E-state index >= 15 is 0 Å². The number of benzene rings is 1. The molecule has 0 spiro atoms. The summed E-state index contributed by atoms with van der Waals surface area (Å²) < 4.78 is 1.71. The molecule has 0 N–H and O–H groups in total. The van der Waals surface area contributed by atoms with Crippen molar-refractivity contribution in [2.24, 2.45) is 0 Å². The van der Waals surface area contributed by atoms with E-state index in [9.17, 15) is 4.79 Å². The van der Waals surface area contributed by atoms with Crippen molar-refractivity contribution < 1.29 is 4.79 Å². The molecular weight excluding hydrogens is 354 g/mol. The first-order valence-corrected chi connectivity index (χ1v) is 9.04. The van der Waals surface area contributed by atoms with Crippen molar-refractivity contribution in [3.8, 4) is 11.9 Å². The van der Waals surface area contributed by atoms with Gasteiger partial charge in [0.25, 0.3) is 5.91 Å². The highest BCUT2D eigenvalue weighted by Gasteiger charge is 2.23. The Bertz CT molecular complexity index is 1010. The van der Waals surface area contributed by atoms with Gasteiger partial charge in [0.05, 0.1) is 11.6 Å². The zero-order valence-electron chi connectivity index (χ0n) is 15.5. The number of carbonyl (C=O) groups excluding carboxylic acids is 1. The SMILES string of the molecule is Cc1nc(N2CCN(C(=O)c3ccc(C#N)cc3)CC2)cc(-n2cccn2)n1. The third kappa shape index (κ3) is 3.55. The number of amides is 1. The number of hydrogen-bond acceptors (Lipinski definition) is 6. The summed E-state index contributed by atoms with van der Waals surface area (Å²) in [6, 6.07) is 12.6. The fraction of sp³-hybridized carbons (Fsp3) is 0.250. The smallest absolute Gasteiger partial charge is 0.253 e. The highest BCUT2D eigenvalue weighted by molar-refractivity contribution is 5.94. The number of rotatable bonds is 3. The van der Waals surface area contributed by atoms with E-state index < -0.39 is 0 Å². The monoisotopic (exact) mass is 373 g/mol. The Hall–Kier alpha value is -3.73. The first-order chi connectivity index (χ1) is 13.6. The fourth-order valence-electron chi connectivity index (χ4n) is 3.23. The third-order valence-electron chi connectivity index (χ3n) is 4.70. The number of carbonyl (C=O) groups is 1. The summed E-state index contributed by atoms with van der Waals surface area (Å²) in [6.45, 7) is 4.47. The molecule has 8 heteroatoms. The maximum absolute atomic E-state index is 12.7. The molecule has 1 saturated heterocycles. The van der Waals surface area contributed by atoms with Crippen LogP contribution in [-0.4, -0.2) is 56.7 Å². The normalized spacial score (nSPS) is 14.0. The Morgan fingerprint density at radius 1 is 1.07 bits per heavy atom. The lowest BCUT2D eigenvalue weighted by molar-refractivity contribution is 0.0746. The lowest BCUT2D eigenvalue weighted by Gasteiger charge is -2.35. The van der Waals surface area contributed by atoms with Crippen LogP contribution in [0.2, 0.25) is 0 Å². The molecule has 140 valence electrons. The molecule has 4 rings (SSSR count). The molecule has 2 aromatic heterocycles. The number of aromatic nitrogens is 4. The minimum atomic E-state index is -0.0137. The van der Waals surface area contributed by atoms with E-state index in [4.69, 9.17) is 5.26 Å². The molecule has 0 atom stereocenters. The highest BCUT2D eigenvalue weighted by atomic mass is 16.2. The molecule has 1 amide bonds. The standard InChI is InChI=1S/C20H19N7O/c1-15-23-18(13-19(24-15)27-8-2-7-22-27)25-9-11-26(12-10-25)20(28)17-5-3-16(14-21)4-6-17/h2-8,13H,9-12H2,1H3. The minimum absolute atomic E-state index is 0.0137. The van der Waals surface area contributed by atoms with Crippen molar-refractivity contribution in [1.29, 1.82) is 5.26 Å². The van der Waals surface area contributed by atoms with Gasteiger partial charge in [-0.05, 0) is 37.3 Å². The predicted molar refractivity (Wildman–Crippen MR) is 103 cm³/mol. The Kier molecular flexibility index (Phi) is 4.72. The predicted octanol–water partition coefficient (Wildman–Crippen LogP) is 1.80. The van der Waals surface area contributed by atoms with E-state index in [-0.39, 0.29) is 5.91 Å². The van der Waals surface area contributed by atoms with Crippen molar-refractivity contribution >= 4 is 11.7 Å². The van der Waals surface area contributed by atoms with Crippen molar-refractivity contribution in [1.82, 2.24) is 24.6 Å². The average Bonchev–Trinajstić information content (AvgIpc) is 3.28. The van der Waals surface area contributed by atoms with Gasteiger partial charge in [0.1, 0.15) is 11.6 Å². The molecule has 0 bridgehead atoms. The first kappa shape index (κ1) is 17.7. The van der Waals surface area contributed by atoms with Crippen LogP contribution < -0.4 is 4.90 Å². The number of aryl methyl sites for hydroxylation is 1. The summed E-state index contributed by atoms with van der Waals surface area (Å²) in [5.41, 5.74) is 1.15. The van der Waals surface area contributed by atoms with Gasteiger partial charge in [-0.15, -0.1) is 0 Å². The third-order valence-corrected chi connectivity index (χ3v) is 4.70. The van der Waals surface area contributed by atoms with Crippen LogP contribution >= 0.6 is 0 Å². The van der Waals surface area contributed by atoms with Crippen molar-refractivity contribution in [3.05, 3.63) is 65.7 Å². The van der Waals surface area contributed by atoms with E-state index in [1.54, 1.807) is 35.1 Å². The Morgan fingerprint density at radius 2 is 1.79 bits per heavy atom. The van der Waals surface area contributed by atoms with Crippen LogP contribution in [0.1, 0.15) is 21.7 Å². The molecule has 0 unspecified atom stereocenters. The van der Waals surface area contributed by atoms with Crippen molar-refractivity contribution in [2.75, 3.05) is 31.1 Å². The van der Waals surface area contributed by atoms with Crippen LogP contribution in [0.15, 0.2) is 48.8 Å². The van der Waals surface area contributed by atoms with Gasteiger partial charge in [0.15, 0.2) is 5.82 Å². The molecule has 0 saturated carbocycles. The molecule has 28 heavy (non-hydrogen) atoms. The van der Waals surface area contributed by atoms with Gasteiger partial charge in [-0.1, -0.05) is 0 Å². The van der Waals surface area contributed by atoms with E-state index in [0.29, 0.717) is 43.1 Å². The van der Waals surface area contributed by atoms with Gasteiger partial charge < -0.3 is 9.80 Å². The van der Waals surface area contributed by atoms with Gasteiger partial charge in [-0.2, -0.15) is 10.4 Å². The molecule has 0 radical (unpaired) electrons. The van der Waals surface area contributed by atoms with Gasteiger partial charge >= 0.3 is 0 Å². The number of anilines is 1. The highest BCUT2D eigenvalue weighted by Crippen LogP contribution is 2.18. The maximum atomic E-state index is 12.7. The maximum Gasteiger partial charge on any atom is 0.253 e. The lowest BCUT2D eigenvalue weighted by Crippen LogP contribution is -2.49. The summed E-state index contributed by atoms with van der Waals surface area (Å²) in [4.78, 5) is 25.7. The molecule has 3 heterocycles. The molecule has 1 aromatic carbocycles. The van der Waals surface area contributed by atoms with E-state index in [0.717, 1.165) is 11.6 Å². The second-order valence-corrected chi connectivity index (χ2v) is 6.55. The average molecular weight is 373 g/mol. The van der Waals surface area contributed by atoms with Crippen LogP contribution in [0.25, 0.3) is 5.82 Å². The van der Waals surface area contributed by atoms with Crippen LogP contribution in [0.5, 0.6) is 0 Å². The van der Waals surface area contributed by atoms with E-state index in [1.807, 2.05) is 30.2 Å². The van der Waals surface area contributed by atoms with Crippen molar-refractivity contribution in [2.45, 2.75) is 6.92 Å². The Labute approximate surface area is 162 Å². The molecule has 1 fully saturated rings. The first-order valence-electron chi connectivity index (χ1n) is 9.04. The summed E-state index contributed by atoms with van der Waals surface area (Å²) in [6.07, 6.45) is 3.56. The number of hydrogen-bond donors (Lipinski definition) is 0. The summed E-state index contributed by atoms with van der Waals surface area (Å²) >= 11 is 0. The summed E-state index contributed by atoms with van der Waals surface area (Å²) in [5, 5.41) is 13.1. The van der Waals surface area contributed by atoms with E-state index in [2.05, 4.69) is 26.0 Å². The summed E-state index contributed by atoms with van der Waals surface area (Å²) in [5.74, 6) is 2.23. The second kappa shape index (κ2) is 7.48. The fourth-order valence-corrected chi connectivity index (χ4v) is 3.23. The van der Waals surface area contributed by atoms with Crippen LogP contribution in [0.3, 0.4) is 0 Å². The number of nitrogens with zero attached hydrogens (tertiary/aromatic N) is 7. The van der Waals surface area contributed by atoms with Crippen LogP contribution in [-0.2, 0) is 0 Å². The quantitative estimate of drug-likeness (QED) is 0.695. The summed E-state index contributed by atoms with van der Waals surface area (Å²) in [7, 11) is 0. The van der Waals surface area contributed by atoms with E-state index in [1.165, 1.54) is 0 Å². The Morgan fingerprint density at radius 3 is 2.43 bits per heavy atom. The van der Waals surface area contributed by atoms with Gasteiger partial charge in [0.2, 0.25) is 0 Å². The van der Waals surface area contributed by atoms with Gasteiger partial charge in [0, 0.05) is 50.2 Å². The molecular formula is C20H19N7O. The van der Waals surface area contributed by atoms with Gasteiger partial charge in [-0.3, -0.25) is 4.79 Å². The Balaban J connectivity index is 1.45. The zero-order valence-corrected chi connectivity index (χ0v) is 15.5. The molecule has 3 aromatic rings. The largest absolute Gasteiger partial charge is 0.353 e. The molecule has 1 aliphatic heterocycles. The number of piperazine rings is 1.